The smallest absolute Gasteiger partial charge is 0.342 e. The van der Waals surface area contributed by atoms with Crippen LogP contribution in [0.3, 0.4) is 0 Å². The quantitative estimate of drug-likeness (QED) is 0.648. The highest BCUT2D eigenvalue weighted by Crippen LogP contribution is 2.23. The molecule has 1 N–H and O–H groups in total. The number of ether oxygens (including phenoxy) is 1. The van der Waals surface area contributed by atoms with Crippen molar-refractivity contribution in [3.8, 4) is 0 Å². The minimum absolute atomic E-state index is 0.350. The summed E-state index contributed by atoms with van der Waals surface area (Å²) in [6, 6.07) is 1.24. The van der Waals surface area contributed by atoms with Crippen molar-refractivity contribution < 1.29 is 19.6 Å². The maximum atomic E-state index is 11.1. The number of aromatic nitrogens is 1. The second kappa shape index (κ2) is 6.49. The van der Waals surface area contributed by atoms with E-state index in [1.165, 1.54) is 6.07 Å². The number of pyridine rings is 1. The van der Waals surface area contributed by atoms with Gasteiger partial charge in [-0.2, -0.15) is 0 Å². The molecule has 1 aliphatic heterocycles. The minimum atomic E-state index is -1.33. The van der Waals surface area contributed by atoms with Crippen LogP contribution in [0.1, 0.15) is 23.2 Å². The molecule has 21 heavy (non-hydrogen) atoms. The van der Waals surface area contributed by atoms with Crippen molar-refractivity contribution in [2.75, 3.05) is 31.7 Å². The average Bonchev–Trinajstić information content (AvgIpc) is 2.47. The Bertz CT molecular complexity index is 543. The fraction of sp³-hybridized carbons (Fsp3) is 0.538. The van der Waals surface area contributed by atoms with Gasteiger partial charge in [0.2, 0.25) is 0 Å². The average molecular weight is 295 g/mol. The molecule has 8 nitrogen and oxygen atoms in total. The van der Waals surface area contributed by atoms with Crippen molar-refractivity contribution in [2.24, 2.45) is 5.92 Å². The molecule has 8 heteroatoms. The second-order valence-corrected chi connectivity index (χ2v) is 5.09. The number of carboxylic acids is 1. The lowest BCUT2D eigenvalue weighted by Gasteiger charge is -2.27. The molecule has 114 valence electrons. The van der Waals surface area contributed by atoms with Crippen molar-refractivity contribution in [3.63, 3.8) is 0 Å². The van der Waals surface area contributed by atoms with E-state index < -0.39 is 16.6 Å². The van der Waals surface area contributed by atoms with Crippen LogP contribution in [-0.2, 0) is 4.74 Å². The molecule has 0 spiro atoms. The number of hydrogen-bond donors (Lipinski definition) is 1. The molecular formula is C13H17N3O5. The molecule has 0 amide bonds. The largest absolute Gasteiger partial charge is 0.477 e. The van der Waals surface area contributed by atoms with Gasteiger partial charge in [0.1, 0.15) is 17.6 Å². The summed E-state index contributed by atoms with van der Waals surface area (Å²) in [5, 5.41) is 19.9. The maximum absolute atomic E-state index is 11.1. The molecule has 1 aliphatic rings. The van der Waals surface area contributed by atoms with Crippen LogP contribution in [0, 0.1) is 16.0 Å². The molecule has 1 aromatic heterocycles. The van der Waals surface area contributed by atoms with Crippen LogP contribution in [0.2, 0.25) is 0 Å². The van der Waals surface area contributed by atoms with Gasteiger partial charge in [-0.05, 0) is 18.8 Å². The lowest BCUT2D eigenvalue weighted by molar-refractivity contribution is -0.385. The molecule has 1 atom stereocenters. The van der Waals surface area contributed by atoms with E-state index in [9.17, 15) is 14.9 Å². The van der Waals surface area contributed by atoms with Crippen molar-refractivity contribution in [1.82, 2.24) is 4.98 Å². The number of nitrogens with zero attached hydrogens (tertiary/aromatic N) is 3. The summed E-state index contributed by atoms with van der Waals surface area (Å²) in [5.41, 5.74) is -0.850. The minimum Gasteiger partial charge on any atom is -0.477 e. The maximum Gasteiger partial charge on any atom is 0.342 e. The Hall–Kier alpha value is -2.22. The Balaban J connectivity index is 2.17. The van der Waals surface area contributed by atoms with E-state index >= 15 is 0 Å². The zero-order chi connectivity index (χ0) is 15.4. The van der Waals surface area contributed by atoms with Crippen molar-refractivity contribution in [2.45, 2.75) is 12.8 Å². The van der Waals surface area contributed by atoms with Gasteiger partial charge in [-0.15, -0.1) is 0 Å². The fourth-order valence-corrected chi connectivity index (χ4v) is 2.39. The fourth-order valence-electron chi connectivity index (χ4n) is 2.39. The van der Waals surface area contributed by atoms with E-state index in [4.69, 9.17) is 9.84 Å². The van der Waals surface area contributed by atoms with E-state index in [2.05, 4.69) is 4.98 Å². The molecule has 1 fully saturated rings. The van der Waals surface area contributed by atoms with E-state index in [1.807, 2.05) is 0 Å². The van der Waals surface area contributed by atoms with Gasteiger partial charge in [0, 0.05) is 26.3 Å². The van der Waals surface area contributed by atoms with E-state index in [0.29, 0.717) is 24.9 Å². The Labute approximate surface area is 121 Å². The Morgan fingerprint density at radius 2 is 2.43 bits per heavy atom. The van der Waals surface area contributed by atoms with Crippen molar-refractivity contribution in [3.05, 3.63) is 27.9 Å². The number of carbonyl (C=O) groups is 1. The number of nitro groups is 1. The van der Waals surface area contributed by atoms with E-state index in [1.54, 1.807) is 11.9 Å². The number of anilines is 1. The first-order chi connectivity index (χ1) is 9.99. The number of rotatable bonds is 5. The molecule has 0 aliphatic carbocycles. The molecule has 0 bridgehead atoms. The molecular weight excluding hydrogens is 278 g/mol. The first-order valence-electron chi connectivity index (χ1n) is 6.65. The summed E-state index contributed by atoms with van der Waals surface area (Å²) in [7, 11) is 1.79. The standard InChI is InChI=1S/C13H17N3O5/c1-15(7-9-3-2-4-21-8-9)12-5-10(13(17)18)11(6-14-12)16(19)20/h5-6,9H,2-4,7-8H2,1H3,(H,17,18). The zero-order valence-corrected chi connectivity index (χ0v) is 11.7. The summed E-state index contributed by atoms with van der Waals surface area (Å²) >= 11 is 0. The highest BCUT2D eigenvalue weighted by atomic mass is 16.6. The monoisotopic (exact) mass is 295 g/mol. The predicted molar refractivity (Wildman–Crippen MR) is 74.7 cm³/mol. The lowest BCUT2D eigenvalue weighted by atomic mass is 10.0. The van der Waals surface area contributed by atoms with Gasteiger partial charge in [0.05, 0.1) is 11.5 Å². The molecule has 1 aromatic rings. The summed E-state index contributed by atoms with van der Waals surface area (Å²) in [4.78, 5) is 27.0. The van der Waals surface area contributed by atoms with Crippen LogP contribution >= 0.6 is 0 Å². The number of carboxylic acid groups (broad SMARTS) is 1. The van der Waals surface area contributed by atoms with Crippen molar-refractivity contribution >= 4 is 17.5 Å². The Morgan fingerprint density at radius 3 is 3.00 bits per heavy atom. The first kappa shape index (κ1) is 15.2. The lowest BCUT2D eigenvalue weighted by Crippen LogP contribution is -2.31. The third-order valence-corrected chi connectivity index (χ3v) is 3.47. The van der Waals surface area contributed by atoms with Crippen molar-refractivity contribution in [1.29, 1.82) is 0 Å². The summed E-state index contributed by atoms with van der Waals surface area (Å²) in [6.45, 7) is 2.12. The van der Waals surface area contributed by atoms with Crippen LogP contribution in [0.4, 0.5) is 11.5 Å². The Kier molecular flexibility index (Phi) is 4.69. The first-order valence-corrected chi connectivity index (χ1v) is 6.65. The number of aromatic carboxylic acids is 1. The van der Waals surface area contributed by atoms with Crippen LogP contribution in [0.25, 0.3) is 0 Å². The van der Waals surface area contributed by atoms with Gasteiger partial charge in [-0.3, -0.25) is 10.1 Å². The SMILES string of the molecule is CN(CC1CCCOC1)c1cc(C(=O)O)c([N+](=O)[O-])cn1. The van der Waals surface area contributed by atoms with E-state index in [0.717, 1.165) is 25.6 Å². The van der Waals surface area contributed by atoms with E-state index in [-0.39, 0.29) is 5.56 Å². The second-order valence-electron chi connectivity index (χ2n) is 5.09. The molecule has 2 heterocycles. The third kappa shape index (κ3) is 3.66. The van der Waals surface area contributed by atoms with Gasteiger partial charge in [-0.25, -0.2) is 9.78 Å². The van der Waals surface area contributed by atoms with Crippen LogP contribution < -0.4 is 4.90 Å². The molecule has 0 saturated carbocycles. The van der Waals surface area contributed by atoms with Crippen LogP contribution in [0.5, 0.6) is 0 Å². The van der Waals surface area contributed by atoms with Crippen LogP contribution in [-0.4, -0.2) is 47.8 Å². The summed E-state index contributed by atoms with van der Waals surface area (Å²) in [5.74, 6) is -0.572. The van der Waals surface area contributed by atoms with Crippen LogP contribution in [0.15, 0.2) is 12.3 Å². The number of hydrogen-bond acceptors (Lipinski definition) is 6. The zero-order valence-electron chi connectivity index (χ0n) is 11.7. The van der Waals surface area contributed by atoms with Gasteiger partial charge >= 0.3 is 11.7 Å². The normalized spacial score (nSPS) is 18.2. The molecule has 2 rings (SSSR count). The topological polar surface area (TPSA) is 106 Å². The van der Waals surface area contributed by atoms with Gasteiger partial charge in [0.15, 0.2) is 0 Å². The molecule has 0 radical (unpaired) electrons. The molecule has 1 saturated heterocycles. The molecule has 0 aromatic carbocycles. The van der Waals surface area contributed by atoms with Gasteiger partial charge in [0.25, 0.3) is 0 Å². The molecule has 1 unspecified atom stereocenters. The third-order valence-electron chi connectivity index (χ3n) is 3.47. The Morgan fingerprint density at radius 1 is 1.67 bits per heavy atom. The highest BCUT2D eigenvalue weighted by molar-refractivity contribution is 5.93. The van der Waals surface area contributed by atoms with Gasteiger partial charge < -0.3 is 14.7 Å². The predicted octanol–water partition coefficient (Wildman–Crippen LogP) is 1.55. The summed E-state index contributed by atoms with van der Waals surface area (Å²) in [6.07, 6.45) is 3.04. The summed E-state index contributed by atoms with van der Waals surface area (Å²) < 4.78 is 5.40. The van der Waals surface area contributed by atoms with Gasteiger partial charge in [-0.1, -0.05) is 0 Å². The highest BCUT2D eigenvalue weighted by Gasteiger charge is 2.23.